The first-order valence-electron chi connectivity index (χ1n) is 13.7. The van der Waals surface area contributed by atoms with Crippen LogP contribution in [-0.2, 0) is 30.5 Å². The first kappa shape index (κ1) is 27.3. The number of nitrogens with zero attached hydrogens (tertiary/aromatic N) is 1. The highest BCUT2D eigenvalue weighted by molar-refractivity contribution is 6.37. The molecule has 1 aromatic carbocycles. The minimum Gasteiger partial charge on any atom is -0.372 e. The predicted octanol–water partition coefficient (Wildman–Crippen LogP) is 1.81. The van der Waals surface area contributed by atoms with E-state index in [-0.39, 0.29) is 30.4 Å². The van der Waals surface area contributed by atoms with Gasteiger partial charge in [-0.3, -0.25) is 19.2 Å². The molecule has 4 rings (SSSR count). The van der Waals surface area contributed by atoms with Gasteiger partial charge in [-0.15, -0.1) is 0 Å². The van der Waals surface area contributed by atoms with E-state index in [1.807, 2.05) is 30.3 Å². The van der Waals surface area contributed by atoms with E-state index in [0.29, 0.717) is 19.4 Å². The Bertz CT molecular complexity index is 961. The average molecular weight is 513 g/mol. The second-order valence-electron chi connectivity index (χ2n) is 10.9. The van der Waals surface area contributed by atoms with Gasteiger partial charge >= 0.3 is 0 Å². The van der Waals surface area contributed by atoms with Gasteiger partial charge in [0.25, 0.3) is 5.91 Å². The summed E-state index contributed by atoms with van der Waals surface area (Å²) in [6.07, 6.45) is 8.37. The van der Waals surface area contributed by atoms with Crippen molar-refractivity contribution in [2.24, 2.45) is 23.3 Å². The molecule has 1 aliphatic heterocycles. The van der Waals surface area contributed by atoms with E-state index in [9.17, 15) is 19.2 Å². The third kappa shape index (κ3) is 6.96. The summed E-state index contributed by atoms with van der Waals surface area (Å²) in [4.78, 5) is 52.8. The molecule has 2 saturated carbocycles. The molecular weight excluding hydrogens is 472 g/mol. The van der Waals surface area contributed by atoms with Crippen molar-refractivity contribution in [2.75, 3.05) is 6.54 Å². The zero-order chi connectivity index (χ0) is 26.4. The molecule has 3 amide bonds. The summed E-state index contributed by atoms with van der Waals surface area (Å²) in [5.74, 6) is -2.21. The Morgan fingerprint density at radius 2 is 1.70 bits per heavy atom. The number of nitrogens with two attached hydrogens (primary N) is 2. The number of rotatable bonds is 11. The molecule has 4 atom stereocenters. The number of carbonyl (C=O) groups excluding carboxylic acids is 4. The van der Waals surface area contributed by atoms with Gasteiger partial charge in [0.05, 0.1) is 24.8 Å². The van der Waals surface area contributed by atoms with E-state index in [1.54, 1.807) is 0 Å². The summed E-state index contributed by atoms with van der Waals surface area (Å²) in [5, 5.41) is 2.76. The van der Waals surface area contributed by atoms with Crippen LogP contribution in [0, 0.1) is 11.8 Å². The smallest absolute Gasteiger partial charge is 0.287 e. The van der Waals surface area contributed by atoms with Crippen molar-refractivity contribution >= 4 is 23.5 Å². The predicted molar refractivity (Wildman–Crippen MR) is 138 cm³/mol. The lowest BCUT2D eigenvalue weighted by molar-refractivity contribution is -0.142. The van der Waals surface area contributed by atoms with Gasteiger partial charge in [0.15, 0.2) is 0 Å². The Balaban J connectivity index is 1.47. The van der Waals surface area contributed by atoms with Gasteiger partial charge in [-0.05, 0) is 36.7 Å². The number of hydrogen-bond donors (Lipinski definition) is 3. The molecule has 3 fully saturated rings. The number of nitrogens with one attached hydrogen (secondary N) is 1. The molecule has 1 heterocycles. The van der Waals surface area contributed by atoms with Crippen LogP contribution in [0.3, 0.4) is 0 Å². The van der Waals surface area contributed by atoms with Gasteiger partial charge in [0, 0.05) is 13.0 Å². The summed E-state index contributed by atoms with van der Waals surface area (Å²) >= 11 is 0. The number of amides is 3. The number of benzene rings is 1. The highest BCUT2D eigenvalue weighted by atomic mass is 16.5. The van der Waals surface area contributed by atoms with Crippen LogP contribution in [0.2, 0.25) is 0 Å². The molecule has 202 valence electrons. The lowest BCUT2D eigenvalue weighted by Gasteiger charge is -2.33. The van der Waals surface area contributed by atoms with Crippen molar-refractivity contribution in [3.05, 3.63) is 35.9 Å². The van der Waals surface area contributed by atoms with Crippen molar-refractivity contribution < 1.29 is 23.9 Å². The number of primary amides is 1. The van der Waals surface area contributed by atoms with Crippen LogP contribution in [0.15, 0.2) is 30.3 Å². The molecular formula is C28H40N4O5. The van der Waals surface area contributed by atoms with Gasteiger partial charge in [-0.25, -0.2) is 0 Å². The van der Waals surface area contributed by atoms with Gasteiger partial charge in [-0.1, -0.05) is 68.9 Å². The molecule has 1 aromatic rings. The zero-order valence-corrected chi connectivity index (χ0v) is 21.5. The topological polar surface area (TPSA) is 145 Å². The lowest BCUT2D eigenvalue weighted by Crippen LogP contribution is -2.56. The van der Waals surface area contributed by atoms with E-state index in [2.05, 4.69) is 5.32 Å². The molecule has 0 aromatic heterocycles. The summed E-state index contributed by atoms with van der Waals surface area (Å²) in [6.45, 7) is 0.613. The van der Waals surface area contributed by atoms with E-state index in [0.717, 1.165) is 56.9 Å². The quantitative estimate of drug-likeness (QED) is 0.386. The average Bonchev–Trinajstić information content (AvgIpc) is 3.33. The molecule has 37 heavy (non-hydrogen) atoms. The summed E-state index contributed by atoms with van der Waals surface area (Å²) < 4.78 is 6.10. The minimum absolute atomic E-state index is 0.0945. The zero-order valence-electron chi connectivity index (χ0n) is 21.5. The van der Waals surface area contributed by atoms with Gasteiger partial charge in [-0.2, -0.15) is 0 Å². The van der Waals surface area contributed by atoms with Crippen molar-refractivity contribution in [1.82, 2.24) is 10.2 Å². The van der Waals surface area contributed by atoms with Crippen LogP contribution in [0.1, 0.15) is 69.8 Å². The van der Waals surface area contributed by atoms with Gasteiger partial charge < -0.3 is 26.4 Å². The molecule has 9 heteroatoms. The fourth-order valence-electron chi connectivity index (χ4n) is 5.82. The number of likely N-dealkylation sites (tertiary alicyclic amines) is 1. The van der Waals surface area contributed by atoms with Crippen LogP contribution in [0.25, 0.3) is 0 Å². The number of ether oxygens (including phenoxy) is 1. The lowest BCUT2D eigenvalue weighted by atomic mass is 9.80. The van der Waals surface area contributed by atoms with Gasteiger partial charge in [0.2, 0.25) is 17.6 Å². The van der Waals surface area contributed by atoms with Crippen LogP contribution in [0.4, 0.5) is 0 Å². The second kappa shape index (κ2) is 12.6. The number of hydrogen-bond acceptors (Lipinski definition) is 6. The number of ketones is 1. The monoisotopic (exact) mass is 512 g/mol. The van der Waals surface area contributed by atoms with Gasteiger partial charge in [0.1, 0.15) is 6.04 Å². The molecule has 5 N–H and O–H groups in total. The number of Topliss-reactive ketones (excluding diaryl/α,β-unsaturated/α-hetero) is 1. The molecule has 0 radical (unpaired) electrons. The Hall–Kier alpha value is -2.78. The van der Waals surface area contributed by atoms with Crippen molar-refractivity contribution in [1.29, 1.82) is 0 Å². The maximum absolute atomic E-state index is 13.6. The van der Waals surface area contributed by atoms with Crippen LogP contribution < -0.4 is 16.8 Å². The highest BCUT2D eigenvalue weighted by Crippen LogP contribution is 2.32. The number of carbonyl (C=O) groups is 4. The molecule has 0 spiro atoms. The van der Waals surface area contributed by atoms with Crippen LogP contribution in [0.5, 0.6) is 0 Å². The summed E-state index contributed by atoms with van der Waals surface area (Å²) in [5.41, 5.74) is 12.7. The fourth-order valence-corrected chi connectivity index (χ4v) is 5.82. The van der Waals surface area contributed by atoms with Crippen LogP contribution >= 0.6 is 0 Å². The molecule has 2 unspecified atom stereocenters. The van der Waals surface area contributed by atoms with E-state index in [4.69, 9.17) is 16.2 Å². The normalized spacial score (nSPS) is 24.2. The molecule has 1 saturated heterocycles. The van der Waals surface area contributed by atoms with Crippen molar-refractivity contribution in [3.8, 4) is 0 Å². The standard InChI is InChI=1S/C28H40N4O5/c29-24(20-12-5-2-6-13-20)28(36)32-16-21(37-17-19-8-3-1-4-9-19)15-23(32)27(35)31-22(25(33)26(30)34)14-18-10-7-11-18/h1,3-4,8-9,18,20-24H,2,5-7,10-17,29H2,(H2,30,34)(H,31,35)/t21?,22?,23-,24-/m0/s1. The third-order valence-electron chi connectivity index (χ3n) is 8.29. The largest absolute Gasteiger partial charge is 0.372 e. The Labute approximate surface area is 218 Å². The fraction of sp³-hybridized carbons (Fsp3) is 0.643. The van der Waals surface area contributed by atoms with Crippen molar-refractivity contribution in [2.45, 2.75) is 95.0 Å². The third-order valence-corrected chi connectivity index (χ3v) is 8.29. The van der Waals surface area contributed by atoms with E-state index >= 15 is 0 Å². The first-order chi connectivity index (χ1) is 17.8. The minimum atomic E-state index is -1.06. The first-order valence-corrected chi connectivity index (χ1v) is 13.7. The Morgan fingerprint density at radius 1 is 1.00 bits per heavy atom. The van der Waals surface area contributed by atoms with E-state index in [1.165, 1.54) is 4.90 Å². The Morgan fingerprint density at radius 3 is 2.32 bits per heavy atom. The maximum Gasteiger partial charge on any atom is 0.287 e. The molecule has 9 nitrogen and oxygen atoms in total. The Kier molecular flexibility index (Phi) is 9.32. The SMILES string of the molecule is NC(=O)C(=O)C(CC1CCC1)NC(=O)[C@@H]1CC(OCc2ccccc2)CN1C(=O)[C@@H](N)C1CCCCC1. The maximum atomic E-state index is 13.6. The second-order valence-corrected chi connectivity index (χ2v) is 10.9. The van der Waals surface area contributed by atoms with E-state index < -0.39 is 35.7 Å². The highest BCUT2D eigenvalue weighted by Gasteiger charge is 2.44. The molecule has 2 aliphatic carbocycles. The summed E-state index contributed by atoms with van der Waals surface area (Å²) in [6, 6.07) is 7.22. The molecule has 0 bridgehead atoms. The van der Waals surface area contributed by atoms with Crippen molar-refractivity contribution in [3.63, 3.8) is 0 Å². The van der Waals surface area contributed by atoms with Crippen LogP contribution in [-0.4, -0.2) is 59.2 Å². The molecule has 3 aliphatic rings. The summed E-state index contributed by atoms with van der Waals surface area (Å²) in [7, 11) is 0.